The Hall–Kier alpha value is -2.71. The molecule has 0 aliphatic carbocycles. The number of alkyl halides is 2. The maximum absolute atomic E-state index is 12.9. The highest BCUT2D eigenvalue weighted by molar-refractivity contribution is 6.00. The van der Waals surface area contributed by atoms with Gasteiger partial charge in [-0.25, -0.2) is 0 Å². The van der Waals surface area contributed by atoms with Crippen LogP contribution in [0.3, 0.4) is 0 Å². The number of hydrogen-bond acceptors (Lipinski definition) is 4. The average molecular weight is 382 g/mol. The van der Waals surface area contributed by atoms with E-state index >= 15 is 0 Å². The van der Waals surface area contributed by atoms with Crippen molar-refractivity contribution in [2.24, 2.45) is 5.92 Å². The molecule has 2 aliphatic heterocycles. The Morgan fingerprint density at radius 2 is 1.89 bits per heavy atom. The third kappa shape index (κ3) is 4.01. The first-order chi connectivity index (χ1) is 12.9. The number of benzene rings is 1. The molecule has 2 atom stereocenters. The number of carboxylic acid groups (broad SMARTS) is 1. The number of para-hydroxylation sites is 1. The van der Waals surface area contributed by atoms with Gasteiger partial charge in [-0.05, 0) is 31.4 Å². The molecule has 2 heterocycles. The van der Waals surface area contributed by atoms with Crippen molar-refractivity contribution in [1.29, 1.82) is 0 Å². The standard InChI is InChI=1S/C18H20F2N2O5/c19-18(20)27-14-6-2-1-4-12(14)15(23)22-8-3-5-13(22)16(24)21-9-7-11(10-21)17(25)26/h1-2,4,6,11,13,18H,3,5,7-10H2,(H,25,26). The van der Waals surface area contributed by atoms with Crippen LogP contribution in [0.25, 0.3) is 0 Å². The van der Waals surface area contributed by atoms with Crippen LogP contribution in [0.4, 0.5) is 8.78 Å². The van der Waals surface area contributed by atoms with Crippen LogP contribution in [-0.4, -0.2) is 65.0 Å². The topological polar surface area (TPSA) is 87.2 Å². The fourth-order valence-corrected chi connectivity index (χ4v) is 3.64. The van der Waals surface area contributed by atoms with Gasteiger partial charge in [-0.2, -0.15) is 8.78 Å². The second-order valence-corrected chi connectivity index (χ2v) is 6.64. The molecule has 9 heteroatoms. The van der Waals surface area contributed by atoms with Crippen molar-refractivity contribution in [1.82, 2.24) is 9.80 Å². The van der Waals surface area contributed by atoms with Crippen LogP contribution < -0.4 is 4.74 Å². The Morgan fingerprint density at radius 1 is 1.15 bits per heavy atom. The van der Waals surface area contributed by atoms with Gasteiger partial charge in [0.2, 0.25) is 5.91 Å². The highest BCUT2D eigenvalue weighted by Gasteiger charge is 2.40. The quantitative estimate of drug-likeness (QED) is 0.840. The molecule has 0 bridgehead atoms. The largest absolute Gasteiger partial charge is 0.481 e. The van der Waals surface area contributed by atoms with Crippen LogP contribution >= 0.6 is 0 Å². The summed E-state index contributed by atoms with van der Waals surface area (Å²) in [5.74, 6) is -2.61. The molecule has 1 aromatic rings. The van der Waals surface area contributed by atoms with Crippen molar-refractivity contribution < 1.29 is 33.0 Å². The fourth-order valence-electron chi connectivity index (χ4n) is 3.64. The first-order valence-corrected chi connectivity index (χ1v) is 8.75. The zero-order valence-corrected chi connectivity index (χ0v) is 14.5. The summed E-state index contributed by atoms with van der Waals surface area (Å²) < 4.78 is 29.6. The molecule has 2 fully saturated rings. The van der Waals surface area contributed by atoms with Crippen LogP contribution in [0, 0.1) is 5.92 Å². The van der Waals surface area contributed by atoms with E-state index in [1.54, 1.807) is 0 Å². The van der Waals surface area contributed by atoms with Crippen molar-refractivity contribution in [3.05, 3.63) is 29.8 Å². The molecule has 2 amide bonds. The minimum atomic E-state index is -3.06. The molecular weight excluding hydrogens is 362 g/mol. The summed E-state index contributed by atoms with van der Waals surface area (Å²) in [6, 6.07) is 4.97. The Morgan fingerprint density at radius 3 is 2.56 bits per heavy atom. The number of amides is 2. The highest BCUT2D eigenvalue weighted by Crippen LogP contribution is 2.28. The summed E-state index contributed by atoms with van der Waals surface area (Å²) in [4.78, 5) is 39.6. The molecule has 0 spiro atoms. The summed E-state index contributed by atoms with van der Waals surface area (Å²) in [6.45, 7) is -2.28. The molecule has 2 aliphatic rings. The summed E-state index contributed by atoms with van der Waals surface area (Å²) in [6.07, 6.45) is 1.44. The molecule has 1 N–H and O–H groups in total. The lowest BCUT2D eigenvalue weighted by molar-refractivity contribution is -0.141. The zero-order chi connectivity index (χ0) is 19.6. The SMILES string of the molecule is O=C(O)C1CCN(C(=O)C2CCCN2C(=O)c2ccccc2OC(F)F)C1. The van der Waals surface area contributed by atoms with Gasteiger partial charge in [-0.15, -0.1) is 0 Å². The molecule has 0 aromatic heterocycles. The molecule has 2 saturated heterocycles. The van der Waals surface area contributed by atoms with Crippen molar-refractivity contribution in [2.75, 3.05) is 19.6 Å². The first kappa shape index (κ1) is 19.1. The predicted octanol–water partition coefficient (Wildman–Crippen LogP) is 1.83. The van der Waals surface area contributed by atoms with Crippen molar-refractivity contribution in [3.8, 4) is 5.75 Å². The van der Waals surface area contributed by atoms with E-state index < -0.39 is 30.4 Å². The van der Waals surface area contributed by atoms with E-state index in [2.05, 4.69) is 4.74 Å². The molecule has 0 radical (unpaired) electrons. The monoisotopic (exact) mass is 382 g/mol. The summed E-state index contributed by atoms with van der Waals surface area (Å²) in [5.41, 5.74) is -0.0256. The van der Waals surface area contributed by atoms with Crippen molar-refractivity contribution >= 4 is 17.8 Å². The predicted molar refractivity (Wildman–Crippen MR) is 89.5 cm³/mol. The van der Waals surface area contributed by atoms with E-state index in [1.807, 2.05) is 0 Å². The van der Waals surface area contributed by atoms with E-state index in [0.29, 0.717) is 32.4 Å². The lowest BCUT2D eigenvalue weighted by Crippen LogP contribution is -2.47. The van der Waals surface area contributed by atoms with Crippen LogP contribution in [0.15, 0.2) is 24.3 Å². The Kier molecular flexibility index (Phi) is 5.57. The van der Waals surface area contributed by atoms with Crippen LogP contribution in [0.2, 0.25) is 0 Å². The fraction of sp³-hybridized carbons (Fsp3) is 0.500. The molecule has 1 aromatic carbocycles. The van der Waals surface area contributed by atoms with Crippen LogP contribution in [-0.2, 0) is 9.59 Å². The summed E-state index contributed by atoms with van der Waals surface area (Å²) >= 11 is 0. The minimum absolute atomic E-state index is 0.0256. The van der Waals surface area contributed by atoms with Crippen LogP contribution in [0.5, 0.6) is 5.75 Å². The van der Waals surface area contributed by atoms with Gasteiger partial charge >= 0.3 is 12.6 Å². The second kappa shape index (κ2) is 7.89. The van der Waals surface area contributed by atoms with Gasteiger partial charge in [0.15, 0.2) is 0 Å². The number of likely N-dealkylation sites (tertiary alicyclic amines) is 2. The van der Waals surface area contributed by atoms with Gasteiger partial charge in [0.25, 0.3) is 5.91 Å². The second-order valence-electron chi connectivity index (χ2n) is 6.64. The first-order valence-electron chi connectivity index (χ1n) is 8.75. The van der Waals surface area contributed by atoms with E-state index in [1.165, 1.54) is 34.1 Å². The lowest BCUT2D eigenvalue weighted by Gasteiger charge is -2.28. The van der Waals surface area contributed by atoms with Gasteiger partial charge in [-0.3, -0.25) is 14.4 Å². The van der Waals surface area contributed by atoms with Crippen molar-refractivity contribution in [2.45, 2.75) is 31.9 Å². The maximum atomic E-state index is 12.9. The zero-order valence-electron chi connectivity index (χ0n) is 14.5. The summed E-state index contributed by atoms with van der Waals surface area (Å²) in [7, 11) is 0. The molecule has 2 unspecified atom stereocenters. The number of aliphatic carboxylic acids is 1. The average Bonchev–Trinajstić information content (AvgIpc) is 3.30. The number of ether oxygens (including phenoxy) is 1. The van der Waals surface area contributed by atoms with Gasteiger partial charge < -0.3 is 19.6 Å². The normalized spacial score (nSPS) is 22.3. The number of nitrogens with zero attached hydrogens (tertiary/aromatic N) is 2. The van der Waals surface area contributed by atoms with Gasteiger partial charge in [-0.1, -0.05) is 12.1 Å². The molecular formula is C18H20F2N2O5. The Balaban J connectivity index is 1.76. The van der Waals surface area contributed by atoms with E-state index in [9.17, 15) is 23.2 Å². The molecule has 27 heavy (non-hydrogen) atoms. The molecule has 0 saturated carbocycles. The molecule has 146 valence electrons. The van der Waals surface area contributed by atoms with Crippen LogP contribution in [0.1, 0.15) is 29.6 Å². The third-order valence-electron chi connectivity index (χ3n) is 4.98. The number of halogens is 2. The van der Waals surface area contributed by atoms with E-state index in [-0.39, 0.29) is 23.8 Å². The number of rotatable bonds is 5. The lowest BCUT2D eigenvalue weighted by atomic mass is 10.1. The Bertz CT molecular complexity index is 742. The molecule has 3 rings (SSSR count). The van der Waals surface area contributed by atoms with Gasteiger partial charge in [0.05, 0.1) is 11.5 Å². The smallest absolute Gasteiger partial charge is 0.387 e. The third-order valence-corrected chi connectivity index (χ3v) is 4.98. The molecule has 7 nitrogen and oxygen atoms in total. The summed E-state index contributed by atoms with van der Waals surface area (Å²) in [5, 5.41) is 9.09. The van der Waals surface area contributed by atoms with Gasteiger partial charge in [0, 0.05) is 19.6 Å². The number of carboxylic acids is 1. The number of carbonyl (C=O) groups is 3. The maximum Gasteiger partial charge on any atom is 0.387 e. The van der Waals surface area contributed by atoms with E-state index in [4.69, 9.17) is 5.11 Å². The Labute approximate surface area is 154 Å². The van der Waals surface area contributed by atoms with Gasteiger partial charge in [0.1, 0.15) is 11.8 Å². The number of carbonyl (C=O) groups excluding carboxylic acids is 2. The van der Waals surface area contributed by atoms with E-state index in [0.717, 1.165) is 0 Å². The highest BCUT2D eigenvalue weighted by atomic mass is 19.3. The van der Waals surface area contributed by atoms with Crippen molar-refractivity contribution in [3.63, 3.8) is 0 Å². The minimum Gasteiger partial charge on any atom is -0.481 e. The number of hydrogen-bond donors (Lipinski definition) is 1.